The minimum absolute atomic E-state index is 0.0789. The number of hydrogen-bond donors (Lipinski definition) is 2. The van der Waals surface area contributed by atoms with Crippen molar-refractivity contribution in [3.05, 3.63) is 22.7 Å². The van der Waals surface area contributed by atoms with E-state index in [1.54, 1.807) is 17.0 Å². The largest absolute Gasteiger partial charge is 0.388 e. The summed E-state index contributed by atoms with van der Waals surface area (Å²) in [7, 11) is 0. The van der Waals surface area contributed by atoms with Crippen LogP contribution in [-0.4, -0.2) is 28.5 Å². The van der Waals surface area contributed by atoms with Crippen LogP contribution in [0.15, 0.2) is 17.2 Å². The smallest absolute Gasteiger partial charge is 0.293 e. The highest BCUT2D eigenvalue weighted by Gasteiger charge is 2.12. The zero-order valence-electron chi connectivity index (χ0n) is 11.0. The van der Waals surface area contributed by atoms with E-state index in [0.29, 0.717) is 31.9 Å². The van der Waals surface area contributed by atoms with Crippen LogP contribution in [-0.2, 0) is 6.54 Å². The maximum atomic E-state index is 12.2. The third-order valence-corrected chi connectivity index (χ3v) is 2.69. The van der Waals surface area contributed by atoms with Gasteiger partial charge in [-0.2, -0.15) is 0 Å². The van der Waals surface area contributed by atoms with Crippen molar-refractivity contribution >= 4 is 11.7 Å². The SMILES string of the molecule is CCCn1ccnc(N(CC)CCC(=N)N)c1=O. The molecule has 3 N–H and O–H groups in total. The van der Waals surface area contributed by atoms with E-state index in [9.17, 15) is 4.79 Å². The minimum atomic E-state index is -0.0789. The van der Waals surface area contributed by atoms with E-state index in [1.165, 1.54) is 0 Å². The molecule has 0 bridgehead atoms. The first-order chi connectivity index (χ1) is 8.60. The molecule has 0 saturated heterocycles. The number of amidine groups is 1. The molecule has 18 heavy (non-hydrogen) atoms. The van der Waals surface area contributed by atoms with Crippen LogP contribution in [0.3, 0.4) is 0 Å². The predicted octanol–water partition coefficient (Wildman–Crippen LogP) is 0.806. The van der Waals surface area contributed by atoms with Crippen LogP contribution in [0, 0.1) is 5.41 Å². The third kappa shape index (κ3) is 3.58. The van der Waals surface area contributed by atoms with Crippen LogP contribution in [0.4, 0.5) is 5.82 Å². The topological polar surface area (TPSA) is 88.0 Å². The van der Waals surface area contributed by atoms with Gasteiger partial charge >= 0.3 is 0 Å². The number of rotatable bonds is 7. The van der Waals surface area contributed by atoms with Gasteiger partial charge in [0.15, 0.2) is 5.82 Å². The minimum Gasteiger partial charge on any atom is -0.388 e. The summed E-state index contributed by atoms with van der Waals surface area (Å²) in [6.07, 6.45) is 4.69. The van der Waals surface area contributed by atoms with Crippen molar-refractivity contribution < 1.29 is 0 Å². The lowest BCUT2D eigenvalue weighted by Gasteiger charge is -2.21. The Hall–Kier alpha value is -1.85. The molecule has 0 spiro atoms. The maximum absolute atomic E-state index is 12.2. The summed E-state index contributed by atoms with van der Waals surface area (Å²) >= 11 is 0. The van der Waals surface area contributed by atoms with Crippen molar-refractivity contribution in [2.75, 3.05) is 18.0 Å². The quantitative estimate of drug-likeness (QED) is 0.554. The third-order valence-electron chi connectivity index (χ3n) is 2.69. The molecule has 0 aromatic carbocycles. The lowest BCUT2D eigenvalue weighted by Crippen LogP contribution is -2.35. The summed E-state index contributed by atoms with van der Waals surface area (Å²) in [5.74, 6) is 0.563. The van der Waals surface area contributed by atoms with Gasteiger partial charge < -0.3 is 15.2 Å². The molecule has 0 unspecified atom stereocenters. The molecule has 0 fully saturated rings. The van der Waals surface area contributed by atoms with E-state index in [-0.39, 0.29) is 11.4 Å². The fourth-order valence-corrected chi connectivity index (χ4v) is 1.74. The molecule has 0 saturated carbocycles. The lowest BCUT2D eigenvalue weighted by molar-refractivity contribution is 0.642. The van der Waals surface area contributed by atoms with E-state index >= 15 is 0 Å². The van der Waals surface area contributed by atoms with Gasteiger partial charge in [-0.25, -0.2) is 4.98 Å². The van der Waals surface area contributed by atoms with Gasteiger partial charge in [0.25, 0.3) is 5.56 Å². The molecule has 1 heterocycles. The van der Waals surface area contributed by atoms with Gasteiger partial charge in [0, 0.05) is 38.4 Å². The van der Waals surface area contributed by atoms with Crippen LogP contribution in [0.1, 0.15) is 26.7 Å². The van der Waals surface area contributed by atoms with E-state index in [4.69, 9.17) is 11.1 Å². The standard InChI is InChI=1S/C12H21N5O/c1-3-7-17-9-6-15-11(12(17)18)16(4-2)8-5-10(13)14/h6,9H,3-5,7-8H2,1-2H3,(H3,13,14). The van der Waals surface area contributed by atoms with Gasteiger partial charge in [-0.1, -0.05) is 6.92 Å². The van der Waals surface area contributed by atoms with Crippen molar-refractivity contribution in [3.8, 4) is 0 Å². The van der Waals surface area contributed by atoms with Crippen LogP contribution >= 0.6 is 0 Å². The Bertz CT molecular complexity index is 454. The van der Waals surface area contributed by atoms with Crippen LogP contribution in [0.2, 0.25) is 0 Å². The van der Waals surface area contributed by atoms with Crippen molar-refractivity contribution in [1.29, 1.82) is 5.41 Å². The normalized spacial score (nSPS) is 10.3. The molecular formula is C12H21N5O. The summed E-state index contributed by atoms with van der Waals surface area (Å²) < 4.78 is 1.67. The highest BCUT2D eigenvalue weighted by atomic mass is 16.1. The molecule has 1 aromatic heterocycles. The highest BCUT2D eigenvalue weighted by molar-refractivity contribution is 5.77. The Morgan fingerprint density at radius 3 is 2.83 bits per heavy atom. The van der Waals surface area contributed by atoms with E-state index < -0.39 is 0 Å². The van der Waals surface area contributed by atoms with Gasteiger partial charge in [0.05, 0.1) is 5.84 Å². The number of nitrogens with zero attached hydrogens (tertiary/aromatic N) is 3. The Balaban J connectivity index is 2.95. The summed E-state index contributed by atoms with van der Waals surface area (Å²) in [6.45, 7) is 5.90. The number of anilines is 1. The fourth-order valence-electron chi connectivity index (χ4n) is 1.74. The summed E-state index contributed by atoms with van der Waals surface area (Å²) in [6, 6.07) is 0. The Morgan fingerprint density at radius 1 is 1.56 bits per heavy atom. The molecule has 1 rings (SSSR count). The number of aromatic nitrogens is 2. The highest BCUT2D eigenvalue weighted by Crippen LogP contribution is 2.04. The zero-order valence-corrected chi connectivity index (χ0v) is 11.0. The molecule has 100 valence electrons. The van der Waals surface area contributed by atoms with Gasteiger partial charge in [-0.05, 0) is 13.3 Å². The average Bonchev–Trinajstić information content (AvgIpc) is 2.34. The Morgan fingerprint density at radius 2 is 2.28 bits per heavy atom. The molecule has 6 heteroatoms. The maximum Gasteiger partial charge on any atom is 0.293 e. The first-order valence-corrected chi connectivity index (χ1v) is 6.23. The zero-order chi connectivity index (χ0) is 13.5. The summed E-state index contributed by atoms with van der Waals surface area (Å²) in [5, 5.41) is 7.23. The van der Waals surface area contributed by atoms with Gasteiger partial charge in [-0.15, -0.1) is 0 Å². The number of hydrogen-bond acceptors (Lipinski definition) is 4. The van der Waals surface area contributed by atoms with E-state index in [0.717, 1.165) is 6.42 Å². The first-order valence-electron chi connectivity index (χ1n) is 6.23. The molecule has 0 amide bonds. The van der Waals surface area contributed by atoms with Crippen LogP contribution < -0.4 is 16.2 Å². The predicted molar refractivity (Wildman–Crippen MR) is 73.2 cm³/mol. The Kier molecular flexibility index (Phi) is 5.35. The first kappa shape index (κ1) is 14.2. The van der Waals surface area contributed by atoms with Gasteiger partial charge in [0.2, 0.25) is 0 Å². The summed E-state index contributed by atoms with van der Waals surface area (Å²) in [5.41, 5.74) is 5.26. The van der Waals surface area contributed by atoms with Crippen molar-refractivity contribution in [1.82, 2.24) is 9.55 Å². The van der Waals surface area contributed by atoms with Crippen molar-refractivity contribution in [2.45, 2.75) is 33.2 Å². The monoisotopic (exact) mass is 251 g/mol. The fraction of sp³-hybridized carbons (Fsp3) is 0.583. The molecular weight excluding hydrogens is 230 g/mol. The van der Waals surface area contributed by atoms with Crippen molar-refractivity contribution in [2.24, 2.45) is 5.73 Å². The second-order valence-corrected chi connectivity index (χ2v) is 4.10. The molecule has 0 aliphatic carbocycles. The van der Waals surface area contributed by atoms with Crippen LogP contribution in [0.5, 0.6) is 0 Å². The van der Waals surface area contributed by atoms with Crippen LogP contribution in [0.25, 0.3) is 0 Å². The van der Waals surface area contributed by atoms with Gasteiger partial charge in [-0.3, -0.25) is 10.2 Å². The second kappa shape index (κ2) is 6.78. The molecule has 1 aromatic rings. The van der Waals surface area contributed by atoms with E-state index in [2.05, 4.69) is 4.98 Å². The average molecular weight is 251 g/mol. The molecule has 6 nitrogen and oxygen atoms in total. The van der Waals surface area contributed by atoms with Gasteiger partial charge in [0.1, 0.15) is 0 Å². The number of aryl methyl sites for hydroxylation is 1. The van der Waals surface area contributed by atoms with E-state index in [1.807, 2.05) is 18.7 Å². The Labute approximate surface area is 107 Å². The number of nitrogens with one attached hydrogen (secondary N) is 1. The molecule has 0 radical (unpaired) electrons. The second-order valence-electron chi connectivity index (χ2n) is 4.10. The molecule has 0 atom stereocenters. The molecule has 0 aliphatic rings. The molecule has 0 aliphatic heterocycles. The van der Waals surface area contributed by atoms with Crippen molar-refractivity contribution in [3.63, 3.8) is 0 Å². The summed E-state index contributed by atoms with van der Waals surface area (Å²) in [4.78, 5) is 18.2. The number of nitrogens with two attached hydrogens (primary N) is 1. The lowest BCUT2D eigenvalue weighted by atomic mass is 10.3.